The van der Waals surface area contributed by atoms with E-state index in [2.05, 4.69) is 15.5 Å². The summed E-state index contributed by atoms with van der Waals surface area (Å²) in [6, 6.07) is 0. The van der Waals surface area contributed by atoms with Gasteiger partial charge in [-0.15, -0.1) is 5.06 Å². The predicted molar refractivity (Wildman–Crippen MR) is 93.0 cm³/mol. The number of carbonyl (C=O) groups excluding carboxylic acids is 5. The normalized spacial score (nSPS) is 14.4. The van der Waals surface area contributed by atoms with E-state index in [9.17, 15) is 24.0 Å². The van der Waals surface area contributed by atoms with Crippen LogP contribution in [0, 0.1) is 0 Å². The lowest BCUT2D eigenvalue weighted by Gasteiger charge is -2.15. The monoisotopic (exact) mass is 391 g/mol. The molecular weight excluding hydrogens is 370 g/mol. The Balaban J connectivity index is 2.17. The predicted octanol–water partition coefficient (Wildman–Crippen LogP) is 0.00590. The smallest absolute Gasteiger partial charge is 0.346 e. The first kappa shape index (κ1) is 21.3. The third kappa shape index (κ3) is 8.77. The van der Waals surface area contributed by atoms with Crippen LogP contribution in [0.3, 0.4) is 0 Å². The van der Waals surface area contributed by atoms with Crippen LogP contribution in [0.5, 0.6) is 0 Å². The molecule has 0 saturated carbocycles. The van der Waals surface area contributed by atoms with Crippen molar-refractivity contribution >= 4 is 51.2 Å². The summed E-state index contributed by atoms with van der Waals surface area (Å²) >= 11 is 0. The molecule has 2 N–H and O–H groups in total. The zero-order valence-corrected chi connectivity index (χ0v) is 15.9. The second kappa shape index (κ2) is 9.66. The molecule has 1 fully saturated rings. The number of rotatable bonds is 8. The van der Waals surface area contributed by atoms with Gasteiger partial charge in [0.15, 0.2) is 0 Å². The van der Waals surface area contributed by atoms with Crippen LogP contribution < -0.4 is 10.6 Å². The van der Waals surface area contributed by atoms with Crippen LogP contribution in [0.2, 0.25) is 0 Å². The Morgan fingerprint density at radius 1 is 1.04 bits per heavy atom. The Hall–Kier alpha value is -1.75. The summed E-state index contributed by atoms with van der Waals surface area (Å²) in [7, 11) is 2.95. The van der Waals surface area contributed by atoms with Crippen LogP contribution in [-0.2, 0) is 28.8 Å². The Bertz CT molecular complexity index is 545. The highest BCUT2D eigenvalue weighted by Gasteiger charge is 2.32. The Morgan fingerprint density at radius 2 is 1.60 bits per heavy atom. The molecule has 0 aliphatic carbocycles. The average molecular weight is 391 g/mol. The summed E-state index contributed by atoms with van der Waals surface area (Å²) in [6.45, 7) is 5.28. The second-order valence-corrected chi connectivity index (χ2v) is 9.18. The third-order valence-corrected chi connectivity index (χ3v) is 5.78. The number of nitrogens with one attached hydrogen (secondary N) is 2. The fourth-order valence-corrected chi connectivity index (χ4v) is 3.69. The van der Waals surface area contributed by atoms with Crippen molar-refractivity contribution in [1.82, 2.24) is 15.7 Å². The summed E-state index contributed by atoms with van der Waals surface area (Å²) in [5.74, 6) is -2.81. The molecular formula is C14H21N3O6S2. The first-order chi connectivity index (χ1) is 11.6. The summed E-state index contributed by atoms with van der Waals surface area (Å²) in [6.07, 6.45) is -0.00791. The molecule has 0 aromatic rings. The van der Waals surface area contributed by atoms with Gasteiger partial charge < -0.3 is 15.5 Å². The highest BCUT2D eigenvalue weighted by molar-refractivity contribution is 8.77. The van der Waals surface area contributed by atoms with E-state index < -0.39 is 30.2 Å². The fraction of sp³-hybridized carbons (Fsp3) is 0.643. The maximum absolute atomic E-state index is 11.6. The van der Waals surface area contributed by atoms with Crippen molar-refractivity contribution in [3.63, 3.8) is 0 Å². The molecule has 0 unspecified atom stereocenters. The summed E-state index contributed by atoms with van der Waals surface area (Å²) in [4.78, 5) is 61.8. The number of hydroxylamine groups is 2. The molecule has 4 amide bonds. The van der Waals surface area contributed by atoms with Crippen molar-refractivity contribution in [3.05, 3.63) is 0 Å². The van der Waals surface area contributed by atoms with E-state index in [1.165, 1.54) is 10.8 Å². The van der Waals surface area contributed by atoms with Gasteiger partial charge in [0.1, 0.15) is 6.54 Å². The van der Waals surface area contributed by atoms with Gasteiger partial charge in [-0.25, -0.2) is 4.79 Å². The summed E-state index contributed by atoms with van der Waals surface area (Å²) in [5, 5.41) is 5.06. The number of hydrogen-bond acceptors (Lipinski definition) is 8. The standard InChI is InChI=1S/C14H21N3O6S2/c1-14(2,3)25-24-8-10(19)15-6-9(18)16-7-13(22)23-17-11(20)4-5-12(17)21/h4-8H2,1-3H3,(H,15,19)(H,16,18). The van der Waals surface area contributed by atoms with Crippen LogP contribution in [-0.4, -0.2) is 58.3 Å². The molecule has 1 rings (SSSR count). The lowest BCUT2D eigenvalue weighted by Crippen LogP contribution is -2.41. The first-order valence-electron chi connectivity index (χ1n) is 7.49. The average Bonchev–Trinajstić information content (AvgIpc) is 2.81. The molecule has 0 atom stereocenters. The summed E-state index contributed by atoms with van der Waals surface area (Å²) in [5.41, 5.74) is 0. The molecule has 0 aromatic carbocycles. The molecule has 11 heteroatoms. The Kier molecular flexibility index (Phi) is 8.23. The quantitative estimate of drug-likeness (QED) is 0.438. The zero-order chi connectivity index (χ0) is 19.0. The maximum Gasteiger partial charge on any atom is 0.352 e. The molecule has 140 valence electrons. The minimum absolute atomic E-state index is 0.00395. The molecule has 1 saturated heterocycles. The van der Waals surface area contributed by atoms with E-state index in [4.69, 9.17) is 0 Å². The van der Waals surface area contributed by atoms with Crippen molar-refractivity contribution in [3.8, 4) is 0 Å². The van der Waals surface area contributed by atoms with Crippen molar-refractivity contribution in [1.29, 1.82) is 0 Å². The molecule has 0 aromatic heterocycles. The molecule has 0 radical (unpaired) electrons. The lowest BCUT2D eigenvalue weighted by atomic mass is 10.3. The van der Waals surface area contributed by atoms with Gasteiger partial charge in [0.2, 0.25) is 11.8 Å². The molecule has 9 nitrogen and oxygen atoms in total. The minimum Gasteiger partial charge on any atom is -0.346 e. The molecule has 1 aliphatic heterocycles. The SMILES string of the molecule is CC(C)(C)SSCC(=O)NCC(=O)NCC(=O)ON1C(=O)CCC1=O. The molecule has 25 heavy (non-hydrogen) atoms. The van der Waals surface area contributed by atoms with E-state index in [1.54, 1.807) is 10.8 Å². The number of amides is 4. The molecule has 0 spiro atoms. The molecule has 1 heterocycles. The largest absolute Gasteiger partial charge is 0.352 e. The van der Waals surface area contributed by atoms with Crippen LogP contribution in [0.1, 0.15) is 33.6 Å². The van der Waals surface area contributed by atoms with E-state index in [1.807, 2.05) is 20.8 Å². The van der Waals surface area contributed by atoms with Gasteiger partial charge in [-0.3, -0.25) is 19.2 Å². The maximum atomic E-state index is 11.6. The molecule has 0 bridgehead atoms. The van der Waals surface area contributed by atoms with Crippen LogP contribution in [0.25, 0.3) is 0 Å². The first-order valence-corrected chi connectivity index (χ1v) is 9.81. The Labute approximate surface area is 153 Å². The number of imide groups is 1. The lowest BCUT2D eigenvalue weighted by molar-refractivity contribution is -0.196. The van der Waals surface area contributed by atoms with Gasteiger partial charge in [-0.1, -0.05) is 42.4 Å². The highest BCUT2D eigenvalue weighted by Crippen LogP contribution is 2.34. The van der Waals surface area contributed by atoms with Crippen molar-refractivity contribution in [2.24, 2.45) is 0 Å². The van der Waals surface area contributed by atoms with Gasteiger partial charge in [0.25, 0.3) is 11.8 Å². The van der Waals surface area contributed by atoms with E-state index in [0.717, 1.165) is 0 Å². The van der Waals surface area contributed by atoms with Crippen LogP contribution in [0.15, 0.2) is 0 Å². The summed E-state index contributed by atoms with van der Waals surface area (Å²) < 4.78 is 0.0286. The van der Waals surface area contributed by atoms with Gasteiger partial charge in [0, 0.05) is 17.6 Å². The van der Waals surface area contributed by atoms with E-state index in [-0.39, 0.29) is 35.8 Å². The number of hydrogen-bond donors (Lipinski definition) is 2. The van der Waals surface area contributed by atoms with Crippen LogP contribution in [0.4, 0.5) is 0 Å². The second-order valence-electron chi connectivity index (χ2n) is 6.06. The Morgan fingerprint density at radius 3 is 2.16 bits per heavy atom. The van der Waals surface area contributed by atoms with Crippen LogP contribution >= 0.6 is 21.6 Å². The number of carbonyl (C=O) groups is 5. The van der Waals surface area contributed by atoms with Gasteiger partial charge in [-0.05, 0) is 0 Å². The zero-order valence-electron chi connectivity index (χ0n) is 14.2. The number of nitrogens with zero attached hydrogens (tertiary/aromatic N) is 1. The minimum atomic E-state index is -0.944. The van der Waals surface area contributed by atoms with E-state index >= 15 is 0 Å². The van der Waals surface area contributed by atoms with Gasteiger partial charge in [-0.2, -0.15) is 0 Å². The highest BCUT2D eigenvalue weighted by atomic mass is 33.1. The van der Waals surface area contributed by atoms with E-state index in [0.29, 0.717) is 5.06 Å². The third-order valence-electron chi connectivity index (χ3n) is 2.57. The van der Waals surface area contributed by atoms with Gasteiger partial charge >= 0.3 is 5.97 Å². The van der Waals surface area contributed by atoms with Gasteiger partial charge in [0.05, 0.1) is 12.3 Å². The van der Waals surface area contributed by atoms with Crippen molar-refractivity contribution in [2.45, 2.75) is 38.4 Å². The van der Waals surface area contributed by atoms with Crippen molar-refractivity contribution in [2.75, 3.05) is 18.8 Å². The fourth-order valence-electron chi connectivity index (χ4n) is 1.51. The molecule has 1 aliphatic rings. The van der Waals surface area contributed by atoms with Crippen molar-refractivity contribution < 1.29 is 28.8 Å². The topological polar surface area (TPSA) is 122 Å².